The lowest BCUT2D eigenvalue weighted by Gasteiger charge is -2.33. The first-order chi connectivity index (χ1) is 17.3. The normalized spacial score (nSPS) is 17.2. The van der Waals surface area contributed by atoms with E-state index in [1.54, 1.807) is 29.2 Å². The van der Waals surface area contributed by atoms with E-state index < -0.39 is 18.1 Å². The standard InChI is InChI=1S/C24H34N6O6/c1-16(13-28-23-25-9-10-26-23)21(32)30-11-7-18(8-12-30)20(31)27-14-19(22(33)34)29-24(35)36-15-17-5-3-2-4-6-17/h2-6,16,18-19H,7-15H2,1H3,(H,27,31)(H,29,35)(H,33,34)(H2,25,26,28)/t16?,19-/m0/s1. The quantitative estimate of drug-likeness (QED) is 0.296. The van der Waals surface area contributed by atoms with Crippen LogP contribution in [0.3, 0.4) is 0 Å². The number of hydrogen-bond donors (Lipinski definition) is 5. The molecular weight excluding hydrogens is 468 g/mol. The van der Waals surface area contributed by atoms with E-state index in [1.807, 2.05) is 13.0 Å². The first-order valence-corrected chi connectivity index (χ1v) is 12.1. The molecule has 0 saturated carbocycles. The van der Waals surface area contributed by atoms with Gasteiger partial charge in [-0.1, -0.05) is 37.3 Å². The number of ether oxygens (including phenoxy) is 1. The van der Waals surface area contributed by atoms with Crippen LogP contribution in [0.25, 0.3) is 0 Å². The monoisotopic (exact) mass is 502 g/mol. The molecule has 1 saturated heterocycles. The van der Waals surface area contributed by atoms with Crippen LogP contribution in [0.4, 0.5) is 4.79 Å². The van der Waals surface area contributed by atoms with Crippen molar-refractivity contribution in [2.75, 3.05) is 39.3 Å². The number of alkyl carbamates (subject to hydrolysis) is 1. The molecule has 1 aromatic carbocycles. The number of rotatable bonds is 10. The van der Waals surface area contributed by atoms with Gasteiger partial charge in [-0.3, -0.25) is 14.6 Å². The summed E-state index contributed by atoms with van der Waals surface area (Å²) < 4.78 is 5.05. The van der Waals surface area contributed by atoms with Gasteiger partial charge in [-0.2, -0.15) is 0 Å². The second-order valence-electron chi connectivity index (χ2n) is 8.88. The topological polar surface area (TPSA) is 161 Å². The number of nitrogens with one attached hydrogen (secondary N) is 4. The number of likely N-dealkylation sites (tertiary alicyclic amines) is 1. The summed E-state index contributed by atoms with van der Waals surface area (Å²) in [4.78, 5) is 54.9. The summed E-state index contributed by atoms with van der Waals surface area (Å²) in [5, 5.41) is 20.5. The van der Waals surface area contributed by atoms with Crippen LogP contribution in [-0.4, -0.2) is 85.2 Å². The predicted molar refractivity (Wildman–Crippen MR) is 131 cm³/mol. The smallest absolute Gasteiger partial charge is 0.408 e. The van der Waals surface area contributed by atoms with Gasteiger partial charge in [0.15, 0.2) is 5.96 Å². The molecule has 3 amide bonds. The fourth-order valence-electron chi connectivity index (χ4n) is 3.98. The maximum Gasteiger partial charge on any atom is 0.408 e. The number of aliphatic carboxylic acids is 1. The third-order valence-corrected chi connectivity index (χ3v) is 6.13. The molecule has 0 aromatic heterocycles. The zero-order valence-electron chi connectivity index (χ0n) is 20.4. The molecule has 5 N–H and O–H groups in total. The number of carbonyl (C=O) groups excluding carboxylic acids is 3. The summed E-state index contributed by atoms with van der Waals surface area (Å²) in [5.74, 6) is -1.42. The molecule has 3 rings (SSSR count). The molecule has 12 nitrogen and oxygen atoms in total. The maximum atomic E-state index is 12.7. The maximum absolute atomic E-state index is 12.7. The minimum Gasteiger partial charge on any atom is -0.480 e. The molecule has 0 spiro atoms. The second-order valence-corrected chi connectivity index (χ2v) is 8.88. The van der Waals surface area contributed by atoms with Crippen molar-refractivity contribution in [1.29, 1.82) is 0 Å². The van der Waals surface area contributed by atoms with Gasteiger partial charge in [-0.05, 0) is 18.4 Å². The van der Waals surface area contributed by atoms with E-state index in [4.69, 9.17) is 4.74 Å². The Balaban J connectivity index is 1.37. The SMILES string of the molecule is CC(CNC1=NCCN1)C(=O)N1CCC(C(=O)NC[C@H](NC(=O)OCc2ccccc2)C(=O)O)CC1. The third kappa shape index (κ3) is 8.14. The highest BCUT2D eigenvalue weighted by Crippen LogP contribution is 2.19. The predicted octanol–water partition coefficient (Wildman–Crippen LogP) is -0.0943. The zero-order chi connectivity index (χ0) is 25.9. The molecule has 2 atom stereocenters. The van der Waals surface area contributed by atoms with Crippen molar-refractivity contribution in [2.24, 2.45) is 16.8 Å². The summed E-state index contributed by atoms with van der Waals surface area (Å²) in [7, 11) is 0. The molecule has 12 heteroatoms. The third-order valence-electron chi connectivity index (χ3n) is 6.13. The van der Waals surface area contributed by atoms with Crippen LogP contribution in [0.1, 0.15) is 25.3 Å². The van der Waals surface area contributed by atoms with Gasteiger partial charge < -0.3 is 36.0 Å². The second kappa shape index (κ2) is 13.3. The highest BCUT2D eigenvalue weighted by atomic mass is 16.5. The number of guanidine groups is 1. The number of piperidine rings is 1. The van der Waals surface area contributed by atoms with Crippen molar-refractivity contribution in [1.82, 2.24) is 26.2 Å². The van der Waals surface area contributed by atoms with Gasteiger partial charge in [0.05, 0.1) is 12.5 Å². The number of carboxylic acids is 1. The van der Waals surface area contributed by atoms with Gasteiger partial charge in [0.25, 0.3) is 0 Å². The van der Waals surface area contributed by atoms with Crippen LogP contribution in [-0.2, 0) is 25.7 Å². The van der Waals surface area contributed by atoms with Gasteiger partial charge in [0, 0.05) is 38.6 Å². The Kier molecular flexibility index (Phi) is 9.90. The van der Waals surface area contributed by atoms with Crippen LogP contribution < -0.4 is 21.3 Å². The van der Waals surface area contributed by atoms with E-state index in [1.165, 1.54) is 0 Å². The summed E-state index contributed by atoms with van der Waals surface area (Å²) in [6, 6.07) is 7.66. The van der Waals surface area contributed by atoms with Gasteiger partial charge >= 0.3 is 12.1 Å². The fourth-order valence-corrected chi connectivity index (χ4v) is 3.98. The molecular formula is C24H34N6O6. The van der Waals surface area contributed by atoms with Crippen LogP contribution in [0.15, 0.2) is 35.3 Å². The highest BCUT2D eigenvalue weighted by Gasteiger charge is 2.30. The van der Waals surface area contributed by atoms with E-state index in [0.717, 1.165) is 18.7 Å². The van der Waals surface area contributed by atoms with E-state index in [-0.39, 0.29) is 36.8 Å². The summed E-state index contributed by atoms with van der Waals surface area (Å²) >= 11 is 0. The van der Waals surface area contributed by atoms with Gasteiger partial charge in [0.1, 0.15) is 12.6 Å². The van der Waals surface area contributed by atoms with Crippen LogP contribution >= 0.6 is 0 Å². The molecule has 1 fully saturated rings. The molecule has 0 aliphatic carbocycles. The van der Waals surface area contributed by atoms with Crippen LogP contribution in [0, 0.1) is 11.8 Å². The van der Waals surface area contributed by atoms with Crippen molar-refractivity contribution >= 4 is 29.8 Å². The van der Waals surface area contributed by atoms with E-state index in [2.05, 4.69) is 26.3 Å². The lowest BCUT2D eigenvalue weighted by molar-refractivity contribution is -0.140. The fraction of sp³-hybridized carbons (Fsp3) is 0.542. The number of carboxylic acid groups (broad SMARTS) is 1. The number of benzene rings is 1. The highest BCUT2D eigenvalue weighted by molar-refractivity contribution is 5.84. The van der Waals surface area contributed by atoms with Crippen LogP contribution in [0.2, 0.25) is 0 Å². The Morgan fingerprint density at radius 3 is 2.53 bits per heavy atom. The lowest BCUT2D eigenvalue weighted by Crippen LogP contribution is -2.51. The molecule has 2 heterocycles. The summed E-state index contributed by atoms with van der Waals surface area (Å²) in [5.41, 5.74) is 0.767. The largest absolute Gasteiger partial charge is 0.480 e. The van der Waals surface area contributed by atoms with E-state index in [0.29, 0.717) is 38.4 Å². The summed E-state index contributed by atoms with van der Waals surface area (Å²) in [6.45, 7) is 4.48. The van der Waals surface area contributed by atoms with Crippen LogP contribution in [0.5, 0.6) is 0 Å². The lowest BCUT2D eigenvalue weighted by atomic mass is 9.95. The van der Waals surface area contributed by atoms with E-state index in [9.17, 15) is 24.3 Å². The van der Waals surface area contributed by atoms with Gasteiger partial charge in [-0.15, -0.1) is 0 Å². The first-order valence-electron chi connectivity index (χ1n) is 12.1. The Bertz CT molecular complexity index is 948. The Labute approximate surface area is 209 Å². The minimum absolute atomic E-state index is 0.00296. The minimum atomic E-state index is -1.33. The Morgan fingerprint density at radius 1 is 1.17 bits per heavy atom. The number of aliphatic imine (C=N–C) groups is 1. The molecule has 2 aliphatic rings. The average Bonchev–Trinajstić information content (AvgIpc) is 3.42. The molecule has 0 radical (unpaired) electrons. The molecule has 0 bridgehead atoms. The zero-order valence-corrected chi connectivity index (χ0v) is 20.4. The van der Waals surface area contributed by atoms with E-state index >= 15 is 0 Å². The van der Waals surface area contributed by atoms with Crippen molar-refractivity contribution in [3.8, 4) is 0 Å². The molecule has 36 heavy (non-hydrogen) atoms. The molecule has 1 aromatic rings. The van der Waals surface area contributed by atoms with Crippen molar-refractivity contribution in [3.05, 3.63) is 35.9 Å². The number of amides is 3. The van der Waals surface area contributed by atoms with Crippen molar-refractivity contribution in [3.63, 3.8) is 0 Å². The van der Waals surface area contributed by atoms with Gasteiger partial charge in [-0.25, -0.2) is 9.59 Å². The van der Waals surface area contributed by atoms with Gasteiger partial charge in [0.2, 0.25) is 11.8 Å². The number of carbonyl (C=O) groups is 4. The number of nitrogens with zero attached hydrogens (tertiary/aromatic N) is 2. The molecule has 1 unspecified atom stereocenters. The molecule has 2 aliphatic heterocycles. The van der Waals surface area contributed by atoms with Crippen molar-refractivity contribution in [2.45, 2.75) is 32.4 Å². The summed E-state index contributed by atoms with van der Waals surface area (Å²) in [6.07, 6.45) is 0.0822. The average molecular weight is 503 g/mol. The molecule has 196 valence electrons. The Morgan fingerprint density at radius 2 is 1.89 bits per heavy atom. The van der Waals surface area contributed by atoms with Crippen molar-refractivity contribution < 1.29 is 29.0 Å². The first kappa shape index (κ1) is 26.8. The Hall–Kier alpha value is -3.83. The number of hydrogen-bond acceptors (Lipinski definition) is 8.